The molecule has 0 spiro atoms. The molecule has 0 aromatic carbocycles. The zero-order valence-electron chi connectivity index (χ0n) is 11.7. The lowest BCUT2D eigenvalue weighted by Crippen LogP contribution is -2.67. The maximum Gasteiger partial charge on any atom is 0.249 e. The van der Waals surface area contributed by atoms with Gasteiger partial charge in [0.25, 0.3) is 0 Å². The van der Waals surface area contributed by atoms with Gasteiger partial charge in [0, 0.05) is 6.07 Å². The molecule has 1 fully saturated rings. The van der Waals surface area contributed by atoms with Gasteiger partial charge in [0.05, 0.1) is 12.2 Å². The van der Waals surface area contributed by atoms with E-state index < -0.39 is 11.6 Å². The molecule has 1 aliphatic rings. The topological polar surface area (TPSA) is 75.4 Å². The van der Waals surface area contributed by atoms with E-state index in [0.717, 1.165) is 5.69 Å². The number of aryl methyl sites for hydroxylation is 1. The van der Waals surface area contributed by atoms with Gasteiger partial charge < -0.3 is 14.7 Å². The Balaban J connectivity index is 2.25. The van der Waals surface area contributed by atoms with E-state index in [4.69, 9.17) is 4.52 Å². The highest BCUT2D eigenvalue weighted by molar-refractivity contribution is 5.99. The van der Waals surface area contributed by atoms with Gasteiger partial charge in [-0.2, -0.15) is 0 Å². The summed E-state index contributed by atoms with van der Waals surface area (Å²) in [6.45, 7) is 7.43. The number of nitrogens with zero attached hydrogens (tertiary/aromatic N) is 2. The summed E-state index contributed by atoms with van der Waals surface area (Å²) in [7, 11) is 0. The Bertz CT molecular complexity index is 511. The van der Waals surface area contributed by atoms with Crippen molar-refractivity contribution in [3.05, 3.63) is 17.5 Å². The summed E-state index contributed by atoms with van der Waals surface area (Å²) >= 11 is 0. The third-order valence-corrected chi connectivity index (χ3v) is 3.69. The minimum absolute atomic E-state index is 0.0869. The summed E-state index contributed by atoms with van der Waals surface area (Å²) in [5.74, 6) is 0.363. The van der Waals surface area contributed by atoms with Gasteiger partial charge in [0.15, 0.2) is 5.76 Å². The number of hydrogen-bond acceptors (Lipinski definition) is 4. The molecular weight excluding hydrogens is 246 g/mol. The van der Waals surface area contributed by atoms with Crippen LogP contribution in [0, 0.1) is 6.92 Å². The van der Waals surface area contributed by atoms with Crippen LogP contribution in [0.2, 0.25) is 0 Å². The van der Waals surface area contributed by atoms with Crippen LogP contribution in [-0.4, -0.2) is 33.5 Å². The Kier molecular flexibility index (Phi) is 3.34. The molecule has 104 valence electrons. The molecule has 1 saturated heterocycles. The SMILES string of the molecule is CCC1(C)NC(=O)C(C)N(Cc2cc(C)no2)C1=O. The van der Waals surface area contributed by atoms with Crippen molar-refractivity contribution < 1.29 is 14.1 Å². The molecule has 2 unspecified atom stereocenters. The molecule has 6 heteroatoms. The predicted molar refractivity (Wildman–Crippen MR) is 68.1 cm³/mol. The van der Waals surface area contributed by atoms with Gasteiger partial charge in [0.2, 0.25) is 11.8 Å². The van der Waals surface area contributed by atoms with E-state index in [1.807, 2.05) is 13.8 Å². The second kappa shape index (κ2) is 4.68. The fraction of sp³-hybridized carbons (Fsp3) is 0.615. The molecule has 1 aromatic heterocycles. The van der Waals surface area contributed by atoms with Gasteiger partial charge in [-0.3, -0.25) is 9.59 Å². The quantitative estimate of drug-likeness (QED) is 0.884. The number of hydrogen-bond donors (Lipinski definition) is 1. The Morgan fingerprint density at radius 1 is 1.53 bits per heavy atom. The fourth-order valence-electron chi connectivity index (χ4n) is 2.17. The average Bonchev–Trinajstić information content (AvgIpc) is 2.78. The number of nitrogens with one attached hydrogen (secondary N) is 1. The highest BCUT2D eigenvalue weighted by atomic mass is 16.5. The van der Waals surface area contributed by atoms with Gasteiger partial charge >= 0.3 is 0 Å². The van der Waals surface area contributed by atoms with E-state index in [0.29, 0.717) is 12.2 Å². The molecule has 0 bridgehead atoms. The standard InChI is InChI=1S/C13H19N3O3/c1-5-13(4)12(18)16(9(3)11(17)14-13)7-10-6-8(2)15-19-10/h6,9H,5,7H2,1-4H3,(H,14,17). The first-order chi connectivity index (χ1) is 8.87. The first-order valence-electron chi connectivity index (χ1n) is 6.42. The van der Waals surface area contributed by atoms with E-state index >= 15 is 0 Å². The van der Waals surface area contributed by atoms with Crippen molar-refractivity contribution in [3.63, 3.8) is 0 Å². The average molecular weight is 265 g/mol. The van der Waals surface area contributed by atoms with Crippen LogP contribution in [0.3, 0.4) is 0 Å². The summed E-state index contributed by atoms with van der Waals surface area (Å²) in [4.78, 5) is 26.0. The second-order valence-corrected chi connectivity index (χ2v) is 5.22. The normalized spacial score (nSPS) is 27.6. The van der Waals surface area contributed by atoms with Gasteiger partial charge in [-0.15, -0.1) is 0 Å². The van der Waals surface area contributed by atoms with Gasteiger partial charge in [-0.05, 0) is 27.2 Å². The third kappa shape index (κ3) is 2.34. The molecule has 6 nitrogen and oxygen atoms in total. The largest absolute Gasteiger partial charge is 0.359 e. The summed E-state index contributed by atoms with van der Waals surface area (Å²) in [5.41, 5.74) is -0.0756. The van der Waals surface area contributed by atoms with Crippen molar-refractivity contribution in [3.8, 4) is 0 Å². The highest BCUT2D eigenvalue weighted by Crippen LogP contribution is 2.23. The Morgan fingerprint density at radius 2 is 2.21 bits per heavy atom. The lowest BCUT2D eigenvalue weighted by Gasteiger charge is -2.42. The zero-order valence-corrected chi connectivity index (χ0v) is 11.7. The number of rotatable bonds is 3. The second-order valence-electron chi connectivity index (χ2n) is 5.22. The number of amides is 2. The number of piperazine rings is 1. The van der Waals surface area contributed by atoms with Crippen LogP contribution >= 0.6 is 0 Å². The third-order valence-electron chi connectivity index (χ3n) is 3.69. The van der Waals surface area contributed by atoms with Crippen molar-refractivity contribution in [2.75, 3.05) is 0 Å². The molecule has 2 rings (SSSR count). The van der Waals surface area contributed by atoms with E-state index in [9.17, 15) is 9.59 Å². The highest BCUT2D eigenvalue weighted by Gasteiger charge is 2.45. The molecule has 19 heavy (non-hydrogen) atoms. The molecule has 0 radical (unpaired) electrons. The molecule has 2 atom stereocenters. The van der Waals surface area contributed by atoms with E-state index in [2.05, 4.69) is 10.5 Å². The molecule has 0 saturated carbocycles. The van der Waals surface area contributed by atoms with Gasteiger partial charge in [-0.1, -0.05) is 12.1 Å². The number of aromatic nitrogens is 1. The van der Waals surface area contributed by atoms with Crippen LogP contribution < -0.4 is 5.32 Å². The molecule has 1 aliphatic heterocycles. The summed E-state index contributed by atoms with van der Waals surface area (Å²) in [5, 5.41) is 6.58. The molecule has 0 aliphatic carbocycles. The smallest absolute Gasteiger partial charge is 0.249 e. The van der Waals surface area contributed by atoms with E-state index in [1.165, 1.54) is 0 Å². The van der Waals surface area contributed by atoms with Crippen molar-refractivity contribution in [1.29, 1.82) is 0 Å². The maximum absolute atomic E-state index is 12.5. The number of carbonyl (C=O) groups excluding carboxylic acids is 2. The van der Waals surface area contributed by atoms with Crippen LogP contribution in [0.4, 0.5) is 0 Å². The maximum atomic E-state index is 12.5. The first-order valence-corrected chi connectivity index (χ1v) is 6.42. The van der Waals surface area contributed by atoms with E-state index in [-0.39, 0.29) is 18.4 Å². The van der Waals surface area contributed by atoms with Crippen molar-refractivity contribution in [2.45, 2.75) is 52.2 Å². The summed E-state index contributed by atoms with van der Waals surface area (Å²) in [6.07, 6.45) is 0.552. The van der Waals surface area contributed by atoms with Gasteiger partial charge in [0.1, 0.15) is 11.6 Å². The van der Waals surface area contributed by atoms with Crippen LogP contribution in [0.25, 0.3) is 0 Å². The monoisotopic (exact) mass is 265 g/mol. The Labute approximate surface area is 112 Å². The zero-order chi connectivity index (χ0) is 14.2. The summed E-state index contributed by atoms with van der Waals surface area (Å²) < 4.78 is 5.13. The predicted octanol–water partition coefficient (Wildman–Crippen LogP) is 0.999. The minimum atomic E-state index is -0.835. The lowest BCUT2D eigenvalue weighted by molar-refractivity contribution is -0.154. The minimum Gasteiger partial charge on any atom is -0.359 e. The van der Waals surface area contributed by atoms with Crippen LogP contribution in [0.5, 0.6) is 0 Å². The lowest BCUT2D eigenvalue weighted by atomic mass is 9.92. The van der Waals surface area contributed by atoms with E-state index in [1.54, 1.807) is 24.8 Å². The van der Waals surface area contributed by atoms with Crippen LogP contribution in [0.1, 0.15) is 38.6 Å². The Morgan fingerprint density at radius 3 is 2.74 bits per heavy atom. The Hall–Kier alpha value is -1.85. The van der Waals surface area contributed by atoms with Crippen LogP contribution in [-0.2, 0) is 16.1 Å². The molecule has 1 N–H and O–H groups in total. The number of carbonyl (C=O) groups is 2. The summed E-state index contributed by atoms with van der Waals surface area (Å²) in [6, 6.07) is 1.27. The first kappa shape index (κ1) is 13.6. The van der Waals surface area contributed by atoms with Gasteiger partial charge in [-0.25, -0.2) is 0 Å². The molecule has 2 heterocycles. The molecular formula is C13H19N3O3. The van der Waals surface area contributed by atoms with Crippen molar-refractivity contribution >= 4 is 11.8 Å². The molecule has 2 amide bonds. The molecule has 1 aromatic rings. The van der Waals surface area contributed by atoms with Crippen molar-refractivity contribution in [2.24, 2.45) is 0 Å². The van der Waals surface area contributed by atoms with Crippen LogP contribution in [0.15, 0.2) is 10.6 Å². The fourth-order valence-corrected chi connectivity index (χ4v) is 2.17. The van der Waals surface area contributed by atoms with Crippen molar-refractivity contribution in [1.82, 2.24) is 15.4 Å².